The van der Waals surface area contributed by atoms with Gasteiger partial charge in [-0.15, -0.1) is 0 Å². The minimum atomic E-state index is 0.902. The SMILES string of the molecule is CN(C)c1ccc(Br)cc1NCC1CC1. The molecule has 3 heteroatoms. The van der Waals surface area contributed by atoms with Crippen molar-refractivity contribution in [1.82, 2.24) is 0 Å². The third kappa shape index (κ3) is 2.88. The second kappa shape index (κ2) is 4.44. The Labute approximate surface area is 99.8 Å². The van der Waals surface area contributed by atoms with Crippen molar-refractivity contribution in [2.24, 2.45) is 5.92 Å². The van der Waals surface area contributed by atoms with E-state index in [0.717, 1.165) is 16.9 Å². The first-order valence-electron chi connectivity index (χ1n) is 5.37. The Morgan fingerprint density at radius 2 is 2.13 bits per heavy atom. The van der Waals surface area contributed by atoms with Gasteiger partial charge in [-0.25, -0.2) is 0 Å². The highest BCUT2D eigenvalue weighted by Gasteiger charge is 2.21. The van der Waals surface area contributed by atoms with Crippen molar-refractivity contribution >= 4 is 27.3 Å². The number of benzene rings is 1. The second-order valence-electron chi connectivity index (χ2n) is 4.38. The molecule has 0 spiro atoms. The van der Waals surface area contributed by atoms with Crippen LogP contribution in [0.25, 0.3) is 0 Å². The molecule has 1 aliphatic carbocycles. The molecule has 2 nitrogen and oxygen atoms in total. The lowest BCUT2D eigenvalue weighted by molar-refractivity contribution is 0.888. The highest BCUT2D eigenvalue weighted by Crippen LogP contribution is 2.32. The molecule has 1 aromatic rings. The van der Waals surface area contributed by atoms with Crippen LogP contribution in [-0.2, 0) is 0 Å². The van der Waals surface area contributed by atoms with Crippen molar-refractivity contribution < 1.29 is 0 Å². The summed E-state index contributed by atoms with van der Waals surface area (Å²) in [4.78, 5) is 2.14. The quantitative estimate of drug-likeness (QED) is 0.901. The summed E-state index contributed by atoms with van der Waals surface area (Å²) in [5, 5.41) is 3.53. The Morgan fingerprint density at radius 1 is 1.40 bits per heavy atom. The van der Waals surface area contributed by atoms with Crippen LogP contribution in [0.1, 0.15) is 12.8 Å². The van der Waals surface area contributed by atoms with Crippen molar-refractivity contribution in [3.63, 3.8) is 0 Å². The van der Waals surface area contributed by atoms with Crippen LogP contribution in [0.15, 0.2) is 22.7 Å². The molecule has 0 bridgehead atoms. The number of anilines is 2. The molecule has 0 unspecified atom stereocenters. The number of nitrogens with zero attached hydrogens (tertiary/aromatic N) is 1. The molecule has 1 aromatic carbocycles. The van der Waals surface area contributed by atoms with Gasteiger partial charge in [-0.1, -0.05) is 15.9 Å². The van der Waals surface area contributed by atoms with Gasteiger partial charge in [0.15, 0.2) is 0 Å². The van der Waals surface area contributed by atoms with E-state index in [1.54, 1.807) is 0 Å². The number of hydrogen-bond donors (Lipinski definition) is 1. The molecule has 0 saturated heterocycles. The van der Waals surface area contributed by atoms with E-state index in [2.05, 4.69) is 58.4 Å². The van der Waals surface area contributed by atoms with Crippen molar-refractivity contribution in [3.8, 4) is 0 Å². The van der Waals surface area contributed by atoms with Gasteiger partial charge in [-0.05, 0) is 37.0 Å². The first-order chi connectivity index (χ1) is 7.16. The van der Waals surface area contributed by atoms with Gasteiger partial charge in [0.1, 0.15) is 0 Å². The predicted octanol–water partition coefficient (Wildman–Crippen LogP) is 3.34. The first kappa shape index (κ1) is 10.8. The fraction of sp³-hybridized carbons (Fsp3) is 0.500. The molecule has 0 aliphatic heterocycles. The second-order valence-corrected chi connectivity index (χ2v) is 5.30. The van der Waals surface area contributed by atoms with Gasteiger partial charge in [-0.3, -0.25) is 0 Å². The summed E-state index contributed by atoms with van der Waals surface area (Å²) < 4.78 is 1.13. The molecule has 0 atom stereocenters. The Morgan fingerprint density at radius 3 is 2.73 bits per heavy atom. The summed E-state index contributed by atoms with van der Waals surface area (Å²) in [5.41, 5.74) is 2.47. The Hall–Kier alpha value is -0.700. The van der Waals surface area contributed by atoms with Gasteiger partial charge in [-0.2, -0.15) is 0 Å². The molecule has 2 rings (SSSR count). The number of halogens is 1. The topological polar surface area (TPSA) is 15.3 Å². The first-order valence-corrected chi connectivity index (χ1v) is 6.17. The molecule has 0 amide bonds. The molecule has 15 heavy (non-hydrogen) atoms. The third-order valence-corrected chi connectivity index (χ3v) is 3.21. The Kier molecular flexibility index (Phi) is 3.19. The third-order valence-electron chi connectivity index (χ3n) is 2.72. The molecule has 1 N–H and O–H groups in total. The van der Waals surface area contributed by atoms with Crippen LogP contribution in [0, 0.1) is 5.92 Å². The molecule has 82 valence electrons. The van der Waals surface area contributed by atoms with Gasteiger partial charge in [0.2, 0.25) is 0 Å². The van der Waals surface area contributed by atoms with E-state index in [1.807, 2.05) is 0 Å². The minimum absolute atomic E-state index is 0.902. The van der Waals surface area contributed by atoms with Crippen LogP contribution in [0.5, 0.6) is 0 Å². The van der Waals surface area contributed by atoms with Crippen LogP contribution in [0.4, 0.5) is 11.4 Å². The largest absolute Gasteiger partial charge is 0.383 e. The molecular formula is C12H17BrN2. The minimum Gasteiger partial charge on any atom is -0.383 e. The average Bonchev–Trinajstić information content (AvgIpc) is 2.97. The fourth-order valence-electron chi connectivity index (χ4n) is 1.62. The van der Waals surface area contributed by atoms with Crippen LogP contribution in [0.2, 0.25) is 0 Å². The zero-order valence-corrected chi connectivity index (χ0v) is 10.8. The van der Waals surface area contributed by atoms with E-state index in [9.17, 15) is 0 Å². The van der Waals surface area contributed by atoms with Crippen LogP contribution in [0.3, 0.4) is 0 Å². The standard InChI is InChI=1S/C12H17BrN2/c1-15(2)12-6-5-10(13)7-11(12)14-8-9-3-4-9/h5-7,9,14H,3-4,8H2,1-2H3. The molecule has 0 aromatic heterocycles. The maximum Gasteiger partial charge on any atom is 0.0597 e. The zero-order valence-electron chi connectivity index (χ0n) is 9.26. The van der Waals surface area contributed by atoms with Crippen LogP contribution in [-0.4, -0.2) is 20.6 Å². The average molecular weight is 269 g/mol. The lowest BCUT2D eigenvalue weighted by Crippen LogP contribution is -2.13. The predicted molar refractivity (Wildman–Crippen MR) is 69.7 cm³/mol. The monoisotopic (exact) mass is 268 g/mol. The maximum absolute atomic E-state index is 3.53. The van der Waals surface area contributed by atoms with E-state index < -0.39 is 0 Å². The summed E-state index contributed by atoms with van der Waals surface area (Å²) >= 11 is 3.51. The van der Waals surface area contributed by atoms with Crippen molar-refractivity contribution in [2.45, 2.75) is 12.8 Å². The van der Waals surface area contributed by atoms with Crippen molar-refractivity contribution in [1.29, 1.82) is 0 Å². The molecule has 0 radical (unpaired) electrons. The van der Waals surface area contributed by atoms with Gasteiger partial charge in [0, 0.05) is 25.1 Å². The van der Waals surface area contributed by atoms with Gasteiger partial charge < -0.3 is 10.2 Å². The van der Waals surface area contributed by atoms with Crippen LogP contribution >= 0.6 is 15.9 Å². The van der Waals surface area contributed by atoms with Crippen molar-refractivity contribution in [3.05, 3.63) is 22.7 Å². The van der Waals surface area contributed by atoms with E-state index >= 15 is 0 Å². The lowest BCUT2D eigenvalue weighted by atomic mass is 10.2. The van der Waals surface area contributed by atoms with E-state index in [1.165, 1.54) is 24.2 Å². The summed E-state index contributed by atoms with van der Waals surface area (Å²) in [5.74, 6) is 0.902. The maximum atomic E-state index is 3.53. The zero-order chi connectivity index (χ0) is 10.8. The highest BCUT2D eigenvalue weighted by molar-refractivity contribution is 9.10. The highest BCUT2D eigenvalue weighted by atomic mass is 79.9. The molecular weight excluding hydrogens is 252 g/mol. The normalized spacial score (nSPS) is 15.1. The van der Waals surface area contributed by atoms with Gasteiger partial charge >= 0.3 is 0 Å². The van der Waals surface area contributed by atoms with Crippen LogP contribution < -0.4 is 10.2 Å². The van der Waals surface area contributed by atoms with E-state index in [-0.39, 0.29) is 0 Å². The van der Waals surface area contributed by atoms with Crippen molar-refractivity contribution in [2.75, 3.05) is 30.9 Å². The van der Waals surface area contributed by atoms with E-state index in [0.29, 0.717) is 0 Å². The summed E-state index contributed by atoms with van der Waals surface area (Å²) in [6.07, 6.45) is 2.77. The van der Waals surface area contributed by atoms with Gasteiger partial charge in [0.05, 0.1) is 11.4 Å². The smallest absolute Gasteiger partial charge is 0.0597 e. The van der Waals surface area contributed by atoms with E-state index in [4.69, 9.17) is 0 Å². The van der Waals surface area contributed by atoms with Gasteiger partial charge in [0.25, 0.3) is 0 Å². The fourth-order valence-corrected chi connectivity index (χ4v) is 1.98. The Balaban J connectivity index is 2.13. The lowest BCUT2D eigenvalue weighted by Gasteiger charge is -2.18. The number of nitrogens with one attached hydrogen (secondary N) is 1. The molecule has 1 saturated carbocycles. The number of rotatable bonds is 4. The number of hydrogen-bond acceptors (Lipinski definition) is 2. The Bertz CT molecular complexity index is 345. The molecule has 0 heterocycles. The molecule has 1 aliphatic rings. The summed E-state index contributed by atoms with van der Waals surface area (Å²) in [7, 11) is 4.15. The molecule has 1 fully saturated rings. The summed E-state index contributed by atoms with van der Waals surface area (Å²) in [6.45, 7) is 1.11. The summed E-state index contributed by atoms with van der Waals surface area (Å²) in [6, 6.07) is 6.37.